The van der Waals surface area contributed by atoms with E-state index in [-0.39, 0.29) is 12.2 Å². The number of anilines is 1. The molecule has 2 aromatic rings. The Labute approximate surface area is 128 Å². The van der Waals surface area contributed by atoms with Crippen LogP contribution in [-0.2, 0) is 18.3 Å². The van der Waals surface area contributed by atoms with Crippen molar-refractivity contribution in [2.24, 2.45) is 12.5 Å². The van der Waals surface area contributed by atoms with Crippen LogP contribution in [0, 0.1) is 5.41 Å². The first-order chi connectivity index (χ1) is 10.5. The van der Waals surface area contributed by atoms with E-state index in [9.17, 15) is 9.90 Å². The third-order valence-electron chi connectivity index (χ3n) is 4.11. The number of aliphatic hydroxyl groups excluding tert-OH is 1. The second-order valence-electron chi connectivity index (χ2n) is 5.54. The van der Waals surface area contributed by atoms with Crippen LogP contribution >= 0.6 is 0 Å². The molecule has 0 aliphatic heterocycles. The average Bonchev–Trinajstić information content (AvgIpc) is 2.93. The molecule has 0 aliphatic carbocycles. The fourth-order valence-corrected chi connectivity index (χ4v) is 2.55. The van der Waals surface area contributed by atoms with E-state index in [2.05, 4.69) is 15.3 Å². The van der Waals surface area contributed by atoms with Crippen molar-refractivity contribution in [2.75, 3.05) is 32.7 Å². The van der Waals surface area contributed by atoms with Crippen LogP contribution in [-0.4, -0.2) is 51.6 Å². The van der Waals surface area contributed by atoms with E-state index in [1.165, 1.54) is 4.57 Å². The molecule has 22 heavy (non-hydrogen) atoms. The molecule has 8 heteroatoms. The lowest BCUT2D eigenvalue weighted by atomic mass is 9.87. The SMILES string of the molecule is CCC(CO)(COC)Cn1cnc2c(=O)n(C)c(NC)nc21. The van der Waals surface area contributed by atoms with Crippen LogP contribution in [0.3, 0.4) is 0 Å². The van der Waals surface area contributed by atoms with Gasteiger partial charge in [-0.15, -0.1) is 0 Å². The molecule has 0 aliphatic rings. The van der Waals surface area contributed by atoms with Gasteiger partial charge >= 0.3 is 0 Å². The Balaban J connectivity index is 2.53. The van der Waals surface area contributed by atoms with Crippen LogP contribution in [0.25, 0.3) is 11.2 Å². The molecular formula is C14H23N5O3. The van der Waals surface area contributed by atoms with Gasteiger partial charge in [0, 0.05) is 33.2 Å². The highest BCUT2D eigenvalue weighted by Crippen LogP contribution is 2.25. The van der Waals surface area contributed by atoms with Gasteiger partial charge in [0.05, 0.1) is 19.5 Å². The lowest BCUT2D eigenvalue weighted by molar-refractivity contribution is 0.0145. The summed E-state index contributed by atoms with van der Waals surface area (Å²) < 4.78 is 8.47. The number of aliphatic hydroxyl groups is 1. The maximum Gasteiger partial charge on any atom is 0.282 e. The van der Waals surface area contributed by atoms with E-state index < -0.39 is 5.41 Å². The molecule has 1 atom stereocenters. The first kappa shape index (κ1) is 16.4. The van der Waals surface area contributed by atoms with Crippen molar-refractivity contribution in [3.05, 3.63) is 16.7 Å². The van der Waals surface area contributed by atoms with Crippen LogP contribution in [0.15, 0.2) is 11.1 Å². The molecular weight excluding hydrogens is 286 g/mol. The summed E-state index contributed by atoms with van der Waals surface area (Å²) >= 11 is 0. The number of fused-ring (bicyclic) bond motifs is 1. The summed E-state index contributed by atoms with van der Waals surface area (Å²) in [6.07, 6.45) is 2.33. The Kier molecular flexibility index (Phi) is 4.82. The standard InChI is InChI=1S/C14H23N5O3/c1-5-14(7-20,8-22-4)6-19-9-16-10-11(19)17-13(15-2)18(3)12(10)21/h9,20H,5-8H2,1-4H3,(H,15,17). The number of aromatic nitrogens is 4. The molecule has 2 aromatic heterocycles. The minimum Gasteiger partial charge on any atom is -0.396 e. The summed E-state index contributed by atoms with van der Waals surface area (Å²) in [4.78, 5) is 20.9. The van der Waals surface area contributed by atoms with Gasteiger partial charge in [0.2, 0.25) is 5.95 Å². The summed E-state index contributed by atoms with van der Waals surface area (Å²) in [5.74, 6) is 0.470. The monoisotopic (exact) mass is 309 g/mol. The van der Waals surface area contributed by atoms with E-state index >= 15 is 0 Å². The second-order valence-corrected chi connectivity index (χ2v) is 5.54. The lowest BCUT2D eigenvalue weighted by Gasteiger charge is -2.30. The summed E-state index contributed by atoms with van der Waals surface area (Å²) in [7, 11) is 4.97. The minimum absolute atomic E-state index is 0.0132. The number of ether oxygens (including phenoxy) is 1. The molecule has 2 heterocycles. The smallest absolute Gasteiger partial charge is 0.282 e. The Morgan fingerprint density at radius 2 is 2.23 bits per heavy atom. The zero-order valence-electron chi connectivity index (χ0n) is 13.5. The zero-order chi connectivity index (χ0) is 16.3. The fourth-order valence-electron chi connectivity index (χ4n) is 2.55. The highest BCUT2D eigenvalue weighted by atomic mass is 16.5. The first-order valence-corrected chi connectivity index (χ1v) is 7.21. The predicted molar refractivity (Wildman–Crippen MR) is 84.0 cm³/mol. The topological polar surface area (TPSA) is 94.2 Å². The molecule has 0 radical (unpaired) electrons. The number of hydrogen-bond donors (Lipinski definition) is 2. The molecule has 122 valence electrons. The second kappa shape index (κ2) is 6.45. The van der Waals surface area contributed by atoms with Crippen LogP contribution in [0.2, 0.25) is 0 Å². The van der Waals surface area contributed by atoms with Gasteiger partial charge in [-0.05, 0) is 6.42 Å². The Bertz CT molecular complexity index is 702. The van der Waals surface area contributed by atoms with Gasteiger partial charge in [0.1, 0.15) is 0 Å². The van der Waals surface area contributed by atoms with Gasteiger partial charge < -0.3 is 19.7 Å². The van der Waals surface area contributed by atoms with E-state index in [1.807, 2.05) is 6.92 Å². The fraction of sp³-hybridized carbons (Fsp3) is 0.643. The molecule has 8 nitrogen and oxygen atoms in total. The number of methoxy groups -OCH3 is 1. The van der Waals surface area contributed by atoms with E-state index in [4.69, 9.17) is 4.74 Å². The summed E-state index contributed by atoms with van der Waals surface area (Å²) in [6.45, 7) is 2.89. The Morgan fingerprint density at radius 1 is 1.50 bits per heavy atom. The largest absolute Gasteiger partial charge is 0.396 e. The molecule has 0 aromatic carbocycles. The molecule has 0 saturated carbocycles. The van der Waals surface area contributed by atoms with E-state index in [1.54, 1.807) is 32.1 Å². The molecule has 0 spiro atoms. The van der Waals surface area contributed by atoms with Crippen molar-refractivity contribution >= 4 is 17.1 Å². The third kappa shape index (κ3) is 2.71. The van der Waals surface area contributed by atoms with Crippen molar-refractivity contribution < 1.29 is 9.84 Å². The van der Waals surface area contributed by atoms with Crippen molar-refractivity contribution in [3.63, 3.8) is 0 Å². The number of rotatable bonds is 7. The highest BCUT2D eigenvalue weighted by molar-refractivity contribution is 5.71. The molecule has 0 saturated heterocycles. The Morgan fingerprint density at radius 3 is 2.77 bits per heavy atom. The van der Waals surface area contributed by atoms with Crippen molar-refractivity contribution in [1.82, 2.24) is 19.1 Å². The highest BCUT2D eigenvalue weighted by Gasteiger charge is 2.29. The predicted octanol–water partition coefficient (Wildman–Crippen LogP) is 0.207. The maximum atomic E-state index is 12.3. The lowest BCUT2D eigenvalue weighted by Crippen LogP contribution is -2.35. The quantitative estimate of drug-likeness (QED) is 0.759. The number of nitrogens with zero attached hydrogens (tertiary/aromatic N) is 4. The normalized spacial score (nSPS) is 14.2. The van der Waals surface area contributed by atoms with Gasteiger partial charge in [0.15, 0.2) is 11.2 Å². The van der Waals surface area contributed by atoms with Crippen molar-refractivity contribution in [2.45, 2.75) is 19.9 Å². The van der Waals surface area contributed by atoms with Gasteiger partial charge in [-0.2, -0.15) is 4.98 Å². The number of imidazole rings is 1. The number of hydrogen-bond acceptors (Lipinski definition) is 6. The molecule has 0 bridgehead atoms. The van der Waals surface area contributed by atoms with Gasteiger partial charge in [-0.25, -0.2) is 4.98 Å². The van der Waals surface area contributed by atoms with Crippen molar-refractivity contribution in [1.29, 1.82) is 0 Å². The van der Waals surface area contributed by atoms with Crippen LogP contribution in [0.1, 0.15) is 13.3 Å². The van der Waals surface area contributed by atoms with Gasteiger partial charge in [-0.1, -0.05) is 6.92 Å². The number of nitrogens with one attached hydrogen (secondary N) is 1. The third-order valence-corrected chi connectivity index (χ3v) is 4.11. The Hall–Kier alpha value is -1.93. The van der Waals surface area contributed by atoms with Gasteiger partial charge in [0.25, 0.3) is 5.56 Å². The molecule has 1 unspecified atom stereocenters. The first-order valence-electron chi connectivity index (χ1n) is 7.21. The van der Waals surface area contributed by atoms with E-state index in [0.29, 0.717) is 30.3 Å². The molecule has 0 amide bonds. The van der Waals surface area contributed by atoms with Crippen LogP contribution < -0.4 is 10.9 Å². The van der Waals surface area contributed by atoms with Crippen LogP contribution in [0.5, 0.6) is 0 Å². The summed E-state index contributed by atoms with van der Waals surface area (Å²) in [5.41, 5.74) is 0.202. The van der Waals surface area contributed by atoms with Gasteiger partial charge in [-0.3, -0.25) is 9.36 Å². The zero-order valence-corrected chi connectivity index (χ0v) is 13.5. The average molecular weight is 309 g/mol. The maximum absolute atomic E-state index is 12.3. The summed E-state index contributed by atoms with van der Waals surface area (Å²) in [5, 5.41) is 12.7. The molecule has 2 rings (SSSR count). The van der Waals surface area contributed by atoms with E-state index in [0.717, 1.165) is 6.42 Å². The summed E-state index contributed by atoms with van der Waals surface area (Å²) in [6, 6.07) is 0. The van der Waals surface area contributed by atoms with Crippen molar-refractivity contribution in [3.8, 4) is 0 Å². The molecule has 2 N–H and O–H groups in total. The minimum atomic E-state index is -0.426. The molecule has 0 fully saturated rings. The van der Waals surface area contributed by atoms with Crippen LogP contribution in [0.4, 0.5) is 5.95 Å².